The van der Waals surface area contributed by atoms with Crippen LogP contribution in [0.15, 0.2) is 53.9 Å². The van der Waals surface area contributed by atoms with Crippen LogP contribution in [0.1, 0.15) is 23.5 Å². The van der Waals surface area contributed by atoms with Crippen molar-refractivity contribution >= 4 is 25.3 Å². The molecule has 5 heterocycles. The molecule has 142 valence electrons. The van der Waals surface area contributed by atoms with E-state index in [-0.39, 0.29) is 11.7 Å². The smallest absolute Gasteiger partial charge is 0.252 e. The van der Waals surface area contributed by atoms with Gasteiger partial charge in [-0.3, -0.25) is 9.78 Å². The number of amides is 1. The van der Waals surface area contributed by atoms with Gasteiger partial charge in [-0.1, -0.05) is 26.8 Å². The highest BCUT2D eigenvalue weighted by Gasteiger charge is 2.30. The second-order valence-corrected chi connectivity index (χ2v) is 8.77. The van der Waals surface area contributed by atoms with E-state index in [4.69, 9.17) is 5.10 Å². The first kappa shape index (κ1) is 17.5. The highest BCUT2D eigenvalue weighted by atomic mass is 31.1. The van der Waals surface area contributed by atoms with Gasteiger partial charge in [-0.25, -0.2) is 4.52 Å². The molecule has 0 aromatic carbocycles. The number of carbonyl (C=O) groups excluding carboxylic acids is 1. The number of aryl methyl sites for hydroxylation is 2. The van der Waals surface area contributed by atoms with Crippen molar-refractivity contribution < 1.29 is 4.79 Å². The topological polar surface area (TPSA) is 62.5 Å². The van der Waals surface area contributed by atoms with Crippen molar-refractivity contribution in [1.29, 1.82) is 0 Å². The fourth-order valence-corrected chi connectivity index (χ4v) is 5.25. The van der Waals surface area contributed by atoms with Gasteiger partial charge in [-0.15, -0.1) is 0 Å². The van der Waals surface area contributed by atoms with E-state index >= 15 is 0 Å². The zero-order valence-corrected chi connectivity index (χ0v) is 16.9. The Balaban J connectivity index is 1.47. The molecule has 0 bridgehead atoms. The van der Waals surface area contributed by atoms with E-state index in [0.717, 1.165) is 53.0 Å². The highest BCUT2D eigenvalue weighted by molar-refractivity contribution is 7.51. The second-order valence-electron chi connectivity index (χ2n) is 7.35. The van der Waals surface area contributed by atoms with Gasteiger partial charge >= 0.3 is 0 Å². The van der Waals surface area contributed by atoms with Crippen LogP contribution >= 0.6 is 8.58 Å². The van der Waals surface area contributed by atoms with Crippen LogP contribution in [0.5, 0.6) is 0 Å². The van der Waals surface area contributed by atoms with Crippen molar-refractivity contribution in [3.05, 3.63) is 71.0 Å². The summed E-state index contributed by atoms with van der Waals surface area (Å²) < 4.78 is 1.87. The van der Waals surface area contributed by atoms with E-state index in [1.807, 2.05) is 41.7 Å². The largest absolute Gasteiger partial charge is 0.313 e. The molecule has 2 atom stereocenters. The van der Waals surface area contributed by atoms with Crippen LogP contribution in [-0.4, -0.2) is 44.3 Å². The Morgan fingerprint density at radius 2 is 2.21 bits per heavy atom. The molecular formula is C21H22N5OP. The van der Waals surface area contributed by atoms with Crippen LogP contribution in [0, 0.1) is 13.8 Å². The summed E-state index contributed by atoms with van der Waals surface area (Å²) in [6, 6.07) is 2.04. The molecular weight excluding hydrogens is 369 g/mol. The summed E-state index contributed by atoms with van der Waals surface area (Å²) in [6.07, 6.45) is 13.2. The lowest BCUT2D eigenvalue weighted by molar-refractivity contribution is -0.123. The van der Waals surface area contributed by atoms with E-state index in [1.54, 1.807) is 6.08 Å². The zero-order valence-electron chi connectivity index (χ0n) is 15.9. The molecule has 2 aromatic rings. The third kappa shape index (κ3) is 3.03. The Labute approximate surface area is 165 Å². The predicted molar refractivity (Wildman–Crippen MR) is 112 cm³/mol. The maximum atomic E-state index is 12.9. The molecule has 0 aliphatic carbocycles. The Bertz CT molecular complexity index is 1110. The summed E-state index contributed by atoms with van der Waals surface area (Å²) in [5, 5.41) is 9.05. The maximum Gasteiger partial charge on any atom is 0.252 e. The number of allylic oxidation sites excluding steroid dienone is 2. The lowest BCUT2D eigenvalue weighted by atomic mass is 9.99. The summed E-state index contributed by atoms with van der Waals surface area (Å²) in [4.78, 5) is 19.3. The Hall–Kier alpha value is -2.56. The molecule has 2 unspecified atom stereocenters. The Kier molecular flexibility index (Phi) is 4.26. The lowest BCUT2D eigenvalue weighted by Crippen LogP contribution is -2.35. The molecule has 0 saturated heterocycles. The van der Waals surface area contributed by atoms with Crippen molar-refractivity contribution in [3.8, 4) is 0 Å². The molecule has 1 N–H and O–H groups in total. The molecule has 7 heteroatoms. The van der Waals surface area contributed by atoms with Crippen LogP contribution in [0.4, 0.5) is 0 Å². The molecule has 2 aromatic heterocycles. The first-order chi connectivity index (χ1) is 13.6. The van der Waals surface area contributed by atoms with Gasteiger partial charge in [0.25, 0.3) is 5.91 Å². The summed E-state index contributed by atoms with van der Waals surface area (Å²) in [7, 11) is 0.470. The molecule has 0 radical (unpaired) electrons. The number of fused-ring (bicyclic) bond motifs is 2. The molecule has 0 fully saturated rings. The average Bonchev–Trinajstić information content (AvgIpc) is 3.13. The standard InChI is InChI=1S/C21H22N5OP/c1-13-11-26-18(14(2)23-13)9-17(24-26)19-10-20(27)25-12-16(3-4-21(25)28-19)15-5-7-22-8-6-15/h3-5,9-12,21-22,28H,6-8H2,1-2H3. The Morgan fingerprint density at radius 3 is 3.04 bits per heavy atom. The van der Waals surface area contributed by atoms with E-state index < -0.39 is 0 Å². The summed E-state index contributed by atoms with van der Waals surface area (Å²) >= 11 is 0. The molecule has 28 heavy (non-hydrogen) atoms. The van der Waals surface area contributed by atoms with Gasteiger partial charge in [-0.2, -0.15) is 5.10 Å². The van der Waals surface area contributed by atoms with Crippen molar-refractivity contribution in [2.75, 3.05) is 13.1 Å². The maximum absolute atomic E-state index is 12.9. The van der Waals surface area contributed by atoms with E-state index in [1.165, 1.54) is 5.57 Å². The molecule has 3 aliphatic rings. The third-order valence-corrected chi connectivity index (χ3v) is 6.81. The second kappa shape index (κ2) is 6.80. The number of carbonyl (C=O) groups is 1. The fraction of sp³-hybridized carbons (Fsp3) is 0.286. The van der Waals surface area contributed by atoms with Crippen LogP contribution < -0.4 is 5.32 Å². The monoisotopic (exact) mass is 391 g/mol. The summed E-state index contributed by atoms with van der Waals surface area (Å²) in [5.74, 6) is 0.0996. The van der Waals surface area contributed by atoms with Crippen molar-refractivity contribution in [3.63, 3.8) is 0 Å². The molecule has 3 aliphatic heterocycles. The number of hydrogen-bond donors (Lipinski definition) is 1. The van der Waals surface area contributed by atoms with Crippen LogP contribution in [0.2, 0.25) is 0 Å². The van der Waals surface area contributed by atoms with Crippen molar-refractivity contribution in [2.45, 2.75) is 26.1 Å². The highest BCUT2D eigenvalue weighted by Crippen LogP contribution is 2.44. The van der Waals surface area contributed by atoms with Gasteiger partial charge in [0.05, 0.1) is 34.6 Å². The van der Waals surface area contributed by atoms with Gasteiger partial charge < -0.3 is 10.2 Å². The molecule has 6 nitrogen and oxygen atoms in total. The van der Waals surface area contributed by atoms with E-state index in [2.05, 4.69) is 28.5 Å². The number of hydrogen-bond acceptors (Lipinski definition) is 4. The van der Waals surface area contributed by atoms with Crippen molar-refractivity contribution in [2.24, 2.45) is 0 Å². The van der Waals surface area contributed by atoms with E-state index in [0.29, 0.717) is 8.58 Å². The summed E-state index contributed by atoms with van der Waals surface area (Å²) in [5.41, 5.74) is 6.20. The molecule has 0 saturated carbocycles. The van der Waals surface area contributed by atoms with Gasteiger partial charge in [0, 0.05) is 24.1 Å². The van der Waals surface area contributed by atoms with E-state index in [9.17, 15) is 4.79 Å². The van der Waals surface area contributed by atoms with Gasteiger partial charge in [0.1, 0.15) is 0 Å². The first-order valence-corrected chi connectivity index (χ1v) is 10.6. The first-order valence-electron chi connectivity index (χ1n) is 9.53. The zero-order chi connectivity index (χ0) is 19.3. The third-order valence-electron chi connectivity index (χ3n) is 5.33. The molecule has 1 amide bonds. The molecule has 0 spiro atoms. The number of aromatic nitrogens is 3. The Morgan fingerprint density at radius 1 is 1.32 bits per heavy atom. The van der Waals surface area contributed by atoms with Gasteiger partial charge in [0.15, 0.2) is 0 Å². The fourth-order valence-electron chi connectivity index (χ4n) is 3.92. The van der Waals surface area contributed by atoms with Crippen LogP contribution in [-0.2, 0) is 4.79 Å². The van der Waals surface area contributed by atoms with Gasteiger partial charge in [0.2, 0.25) is 0 Å². The SMILES string of the molecule is Cc1cn2nc(C3=CC(=O)N4C=C(C5=CCNCC5)C=CC4P3)cc2c(C)n1. The number of nitrogens with one attached hydrogen (secondary N) is 1. The van der Waals surface area contributed by atoms with Gasteiger partial charge in [-0.05, 0) is 44.0 Å². The average molecular weight is 391 g/mol. The molecule has 5 rings (SSSR count). The normalized spacial score (nSPS) is 22.9. The summed E-state index contributed by atoms with van der Waals surface area (Å²) in [6.45, 7) is 5.84. The minimum absolute atomic E-state index is 0.0261. The quantitative estimate of drug-likeness (QED) is 0.800. The van der Waals surface area contributed by atoms with Crippen LogP contribution in [0.25, 0.3) is 10.8 Å². The minimum Gasteiger partial charge on any atom is -0.313 e. The lowest BCUT2D eigenvalue weighted by Gasteiger charge is -2.34. The number of rotatable bonds is 2. The predicted octanol–water partition coefficient (Wildman–Crippen LogP) is 2.91. The minimum atomic E-state index is 0.0261. The number of nitrogens with zero attached hydrogens (tertiary/aromatic N) is 4. The van der Waals surface area contributed by atoms with Crippen LogP contribution in [0.3, 0.4) is 0 Å². The van der Waals surface area contributed by atoms with Crippen molar-refractivity contribution in [1.82, 2.24) is 24.8 Å².